The molecule has 11 unspecified atom stereocenters. The van der Waals surface area contributed by atoms with Gasteiger partial charge in [-0.25, -0.2) is 4.79 Å². The fourth-order valence-electron chi connectivity index (χ4n) is 5.72. The summed E-state index contributed by atoms with van der Waals surface area (Å²) in [4.78, 5) is 12.7. The predicted molar refractivity (Wildman–Crippen MR) is 142 cm³/mol. The highest BCUT2D eigenvalue weighted by molar-refractivity contribution is 5.89. The molecule has 0 amide bonds. The fourth-order valence-corrected chi connectivity index (χ4v) is 5.72. The van der Waals surface area contributed by atoms with Gasteiger partial charge in [0.05, 0.1) is 43.9 Å². The highest BCUT2D eigenvalue weighted by Gasteiger charge is 2.48. The van der Waals surface area contributed by atoms with E-state index >= 15 is 0 Å². The fraction of sp³-hybridized carbons (Fsp3) is 0.621. The first-order valence-electron chi connectivity index (χ1n) is 13.8. The standard InChI is InChI=1S/C29H40O12/c1-3-20-21(12-19-11-17(32)10-18(39-19)9-6-15-4-7-16(31)8-5-15)22(27(36)37-2)14-38-28(20)41-29-26(35)25(34)24(33)23(13-30)40-29/h3-5,7-8,14,17-21,23-26,28-35H,1,6,9-13H2,2H3. The molecule has 2 saturated heterocycles. The number of hydrogen-bond acceptors (Lipinski definition) is 12. The molecule has 228 valence electrons. The first kappa shape index (κ1) is 31.4. The van der Waals surface area contributed by atoms with Gasteiger partial charge in [0.1, 0.15) is 30.2 Å². The zero-order valence-electron chi connectivity index (χ0n) is 22.9. The van der Waals surface area contributed by atoms with Gasteiger partial charge in [-0.05, 0) is 49.8 Å². The molecule has 3 aliphatic heterocycles. The number of phenols is 1. The molecule has 6 N–H and O–H groups in total. The molecule has 12 heteroatoms. The Hall–Kier alpha value is -2.55. The SMILES string of the molecule is C=CC1C(OC2OC(CO)C(O)C(O)C2O)OC=C(C(=O)OC)C1CC1CC(O)CC(CCc2ccc(O)cc2)O1. The van der Waals surface area contributed by atoms with E-state index in [4.69, 9.17) is 23.7 Å². The van der Waals surface area contributed by atoms with Crippen molar-refractivity contribution >= 4 is 5.97 Å². The van der Waals surface area contributed by atoms with E-state index in [1.165, 1.54) is 19.4 Å². The molecule has 11 atom stereocenters. The van der Waals surface area contributed by atoms with E-state index in [0.29, 0.717) is 32.1 Å². The van der Waals surface area contributed by atoms with Crippen molar-refractivity contribution in [3.05, 3.63) is 54.3 Å². The van der Waals surface area contributed by atoms with Gasteiger partial charge in [-0.3, -0.25) is 0 Å². The van der Waals surface area contributed by atoms with Crippen molar-refractivity contribution in [2.75, 3.05) is 13.7 Å². The number of aliphatic hydroxyl groups excluding tert-OH is 5. The number of carbonyl (C=O) groups excluding carboxylic acids is 1. The molecule has 0 bridgehead atoms. The van der Waals surface area contributed by atoms with E-state index in [1.54, 1.807) is 12.1 Å². The van der Waals surface area contributed by atoms with Crippen molar-refractivity contribution in [1.82, 2.24) is 0 Å². The molecule has 0 spiro atoms. The van der Waals surface area contributed by atoms with Gasteiger partial charge in [-0.1, -0.05) is 18.2 Å². The molecule has 0 aliphatic carbocycles. The minimum absolute atomic E-state index is 0.190. The van der Waals surface area contributed by atoms with Gasteiger partial charge in [0.15, 0.2) is 6.29 Å². The third kappa shape index (κ3) is 7.46. The number of ether oxygens (including phenoxy) is 5. The summed E-state index contributed by atoms with van der Waals surface area (Å²) in [5.74, 6) is -1.67. The molecule has 3 aliphatic rings. The van der Waals surface area contributed by atoms with Crippen molar-refractivity contribution in [3.63, 3.8) is 0 Å². The van der Waals surface area contributed by atoms with Crippen LogP contribution in [0.5, 0.6) is 5.75 Å². The van der Waals surface area contributed by atoms with Crippen LogP contribution in [-0.2, 0) is 34.9 Å². The molecular weight excluding hydrogens is 540 g/mol. The minimum atomic E-state index is -1.64. The van der Waals surface area contributed by atoms with E-state index in [2.05, 4.69) is 6.58 Å². The summed E-state index contributed by atoms with van der Waals surface area (Å²) >= 11 is 0. The highest BCUT2D eigenvalue weighted by Crippen LogP contribution is 2.40. The summed E-state index contributed by atoms with van der Waals surface area (Å²) < 4.78 is 28.4. The Kier molecular flexibility index (Phi) is 10.8. The van der Waals surface area contributed by atoms with Crippen LogP contribution in [0.4, 0.5) is 0 Å². The average molecular weight is 581 g/mol. The molecule has 0 saturated carbocycles. The van der Waals surface area contributed by atoms with Crippen LogP contribution in [0.25, 0.3) is 0 Å². The summed E-state index contributed by atoms with van der Waals surface area (Å²) in [7, 11) is 1.25. The second kappa shape index (κ2) is 14.1. The van der Waals surface area contributed by atoms with E-state index in [0.717, 1.165) is 5.56 Å². The molecule has 1 aromatic carbocycles. The van der Waals surface area contributed by atoms with Gasteiger partial charge in [-0.2, -0.15) is 0 Å². The Bertz CT molecular complexity index is 1040. The van der Waals surface area contributed by atoms with Crippen LogP contribution in [0, 0.1) is 11.8 Å². The molecule has 2 fully saturated rings. The van der Waals surface area contributed by atoms with Crippen molar-refractivity contribution < 1.29 is 59.1 Å². The lowest BCUT2D eigenvalue weighted by Gasteiger charge is -2.43. The zero-order chi connectivity index (χ0) is 29.7. The van der Waals surface area contributed by atoms with Gasteiger partial charge in [0.25, 0.3) is 0 Å². The van der Waals surface area contributed by atoms with E-state index in [-0.39, 0.29) is 17.4 Å². The smallest absolute Gasteiger partial charge is 0.337 e. The van der Waals surface area contributed by atoms with Crippen LogP contribution in [0.2, 0.25) is 0 Å². The Labute approximate surface area is 238 Å². The number of esters is 1. The number of aliphatic hydroxyl groups is 5. The van der Waals surface area contributed by atoms with Crippen LogP contribution >= 0.6 is 0 Å². The first-order valence-corrected chi connectivity index (χ1v) is 13.8. The number of phenolic OH excluding ortho intramolecular Hbond substituents is 1. The van der Waals surface area contributed by atoms with Crippen molar-refractivity contribution in [3.8, 4) is 5.75 Å². The Balaban J connectivity index is 1.47. The molecule has 41 heavy (non-hydrogen) atoms. The quantitative estimate of drug-likeness (QED) is 0.164. The second-order valence-electron chi connectivity index (χ2n) is 10.8. The largest absolute Gasteiger partial charge is 0.508 e. The van der Waals surface area contributed by atoms with Crippen LogP contribution in [0.15, 0.2) is 48.8 Å². The summed E-state index contributed by atoms with van der Waals surface area (Å²) in [6.07, 6.45) is -4.61. The zero-order valence-corrected chi connectivity index (χ0v) is 22.9. The summed E-state index contributed by atoms with van der Waals surface area (Å²) in [6, 6.07) is 6.93. The molecule has 12 nitrogen and oxygen atoms in total. The van der Waals surface area contributed by atoms with Crippen molar-refractivity contribution in [2.45, 2.75) is 87.4 Å². The maximum Gasteiger partial charge on any atom is 0.337 e. The summed E-state index contributed by atoms with van der Waals surface area (Å²) in [5, 5.41) is 60.4. The number of methoxy groups -OCH3 is 1. The Morgan fingerprint density at radius 1 is 1.02 bits per heavy atom. The van der Waals surface area contributed by atoms with Crippen molar-refractivity contribution in [2.24, 2.45) is 11.8 Å². The summed E-state index contributed by atoms with van der Waals surface area (Å²) in [5.41, 5.74) is 1.25. The average Bonchev–Trinajstić information content (AvgIpc) is 2.96. The molecule has 0 radical (unpaired) electrons. The van der Waals surface area contributed by atoms with Crippen molar-refractivity contribution in [1.29, 1.82) is 0 Å². The number of rotatable bonds is 10. The lowest BCUT2D eigenvalue weighted by molar-refractivity contribution is -0.339. The maximum atomic E-state index is 12.7. The summed E-state index contributed by atoms with van der Waals surface area (Å²) in [6.45, 7) is 3.27. The number of hydrogen-bond donors (Lipinski definition) is 6. The van der Waals surface area contributed by atoms with E-state index < -0.39 is 73.6 Å². The second-order valence-corrected chi connectivity index (χ2v) is 10.8. The number of carbonyl (C=O) groups is 1. The third-order valence-corrected chi connectivity index (χ3v) is 7.98. The van der Waals surface area contributed by atoms with Crippen LogP contribution in [0.1, 0.15) is 31.2 Å². The van der Waals surface area contributed by atoms with E-state index in [9.17, 15) is 35.4 Å². The van der Waals surface area contributed by atoms with Gasteiger partial charge in [0.2, 0.25) is 6.29 Å². The maximum absolute atomic E-state index is 12.7. The van der Waals surface area contributed by atoms with Crippen LogP contribution in [0.3, 0.4) is 0 Å². The topological polar surface area (TPSA) is 185 Å². The minimum Gasteiger partial charge on any atom is -0.508 e. The molecular formula is C29H40O12. The lowest BCUT2D eigenvalue weighted by Crippen LogP contribution is -2.60. The van der Waals surface area contributed by atoms with E-state index in [1.807, 2.05) is 12.1 Å². The normalized spacial score (nSPS) is 37.5. The van der Waals surface area contributed by atoms with Gasteiger partial charge in [-0.15, -0.1) is 6.58 Å². The monoisotopic (exact) mass is 580 g/mol. The molecule has 0 aromatic heterocycles. The van der Waals surface area contributed by atoms with Crippen LogP contribution in [-0.4, -0.2) is 106 Å². The van der Waals surface area contributed by atoms with Gasteiger partial charge < -0.3 is 54.3 Å². The van der Waals surface area contributed by atoms with Crippen LogP contribution < -0.4 is 0 Å². The number of aromatic hydroxyl groups is 1. The number of aryl methyl sites for hydroxylation is 1. The van der Waals surface area contributed by atoms with Gasteiger partial charge >= 0.3 is 5.97 Å². The Morgan fingerprint density at radius 3 is 2.39 bits per heavy atom. The first-order chi connectivity index (χ1) is 19.6. The lowest BCUT2D eigenvalue weighted by atomic mass is 9.78. The predicted octanol–water partition coefficient (Wildman–Crippen LogP) is 0.272. The molecule has 4 rings (SSSR count). The highest BCUT2D eigenvalue weighted by atomic mass is 16.8. The Morgan fingerprint density at radius 2 is 1.73 bits per heavy atom. The van der Waals surface area contributed by atoms with Gasteiger partial charge in [0, 0.05) is 11.8 Å². The molecule has 1 aromatic rings. The number of benzene rings is 1. The molecule has 3 heterocycles. The third-order valence-electron chi connectivity index (χ3n) is 7.98.